The maximum absolute atomic E-state index is 10.5. The molecule has 0 aromatic carbocycles. The molecule has 0 saturated heterocycles. The number of ether oxygens (including phenoxy) is 1. The Hall–Kier alpha value is -0.500. The molecule has 1 aliphatic heterocycles. The minimum atomic E-state index is -0.523. The summed E-state index contributed by atoms with van der Waals surface area (Å²) in [6.07, 6.45) is 7.05. The van der Waals surface area contributed by atoms with E-state index in [0.29, 0.717) is 5.92 Å². The van der Waals surface area contributed by atoms with Gasteiger partial charge >= 0.3 is 0 Å². The summed E-state index contributed by atoms with van der Waals surface area (Å²) in [5.41, 5.74) is 0.613. The first-order valence-electron chi connectivity index (χ1n) is 5.31. The van der Waals surface area contributed by atoms with Gasteiger partial charge in [-0.1, -0.05) is 13.3 Å². The lowest BCUT2D eigenvalue weighted by atomic mass is 9.82. The highest BCUT2D eigenvalue weighted by atomic mass is 16.5. The zero-order chi connectivity index (χ0) is 9.31. The molecule has 2 unspecified atom stereocenters. The van der Waals surface area contributed by atoms with Crippen molar-refractivity contribution in [2.45, 2.75) is 44.6 Å². The van der Waals surface area contributed by atoms with Crippen LogP contribution < -0.4 is 0 Å². The fourth-order valence-electron chi connectivity index (χ4n) is 2.73. The van der Waals surface area contributed by atoms with E-state index in [1.54, 1.807) is 6.26 Å². The summed E-state index contributed by atoms with van der Waals surface area (Å²) in [7, 11) is 0. The quantitative estimate of drug-likeness (QED) is 0.709. The Labute approximate surface area is 79.6 Å². The van der Waals surface area contributed by atoms with Crippen LogP contribution in [0.5, 0.6) is 0 Å². The van der Waals surface area contributed by atoms with Gasteiger partial charge in [-0.25, -0.2) is 0 Å². The molecule has 74 valence electrons. The van der Waals surface area contributed by atoms with Crippen molar-refractivity contribution in [2.24, 2.45) is 5.92 Å². The summed E-state index contributed by atoms with van der Waals surface area (Å²) in [6, 6.07) is 0. The largest absolute Gasteiger partial charge is 0.501 e. The van der Waals surface area contributed by atoms with Gasteiger partial charge in [0.1, 0.15) is 0 Å². The van der Waals surface area contributed by atoms with Crippen LogP contribution in [0.1, 0.15) is 39.0 Å². The first-order valence-corrected chi connectivity index (χ1v) is 5.31. The average Bonchev–Trinajstić information content (AvgIpc) is 2.72. The van der Waals surface area contributed by atoms with Crippen molar-refractivity contribution in [3.8, 4) is 0 Å². The SMILES string of the molecule is CCC1CCCC1(O)C1=COCC1. The first kappa shape index (κ1) is 9.07. The Kier molecular flexibility index (Phi) is 2.33. The summed E-state index contributed by atoms with van der Waals surface area (Å²) in [6.45, 7) is 2.92. The van der Waals surface area contributed by atoms with Gasteiger partial charge in [-0.15, -0.1) is 0 Å². The fraction of sp³-hybridized carbons (Fsp3) is 0.818. The van der Waals surface area contributed by atoms with Crippen LogP contribution >= 0.6 is 0 Å². The van der Waals surface area contributed by atoms with E-state index in [1.165, 1.54) is 6.42 Å². The Morgan fingerprint density at radius 1 is 1.69 bits per heavy atom. The molecule has 2 nitrogen and oxygen atoms in total. The molecular formula is C11H18O2. The van der Waals surface area contributed by atoms with E-state index in [2.05, 4.69) is 6.92 Å². The zero-order valence-electron chi connectivity index (χ0n) is 8.25. The lowest BCUT2D eigenvalue weighted by molar-refractivity contribution is 0.0355. The van der Waals surface area contributed by atoms with E-state index in [9.17, 15) is 5.11 Å². The van der Waals surface area contributed by atoms with E-state index in [0.717, 1.165) is 37.9 Å². The number of hydrogen-bond donors (Lipinski definition) is 1. The van der Waals surface area contributed by atoms with E-state index >= 15 is 0 Å². The van der Waals surface area contributed by atoms with Crippen LogP contribution in [0.4, 0.5) is 0 Å². The van der Waals surface area contributed by atoms with Gasteiger partial charge < -0.3 is 9.84 Å². The predicted molar refractivity (Wildman–Crippen MR) is 51.2 cm³/mol. The van der Waals surface area contributed by atoms with Crippen molar-refractivity contribution in [3.05, 3.63) is 11.8 Å². The molecule has 0 aromatic heterocycles. The van der Waals surface area contributed by atoms with E-state index < -0.39 is 5.60 Å². The molecule has 0 amide bonds. The van der Waals surface area contributed by atoms with Crippen LogP contribution in [-0.4, -0.2) is 17.3 Å². The number of aliphatic hydroxyl groups is 1. The van der Waals surface area contributed by atoms with Crippen molar-refractivity contribution < 1.29 is 9.84 Å². The summed E-state index contributed by atoms with van der Waals surface area (Å²) in [5, 5.41) is 10.5. The Bertz CT molecular complexity index is 222. The Balaban J connectivity index is 2.17. The molecule has 2 aliphatic rings. The van der Waals surface area contributed by atoms with Gasteiger partial charge in [0.25, 0.3) is 0 Å². The molecule has 0 radical (unpaired) electrons. The second-order valence-electron chi connectivity index (χ2n) is 4.19. The van der Waals surface area contributed by atoms with Gasteiger partial charge in [-0.3, -0.25) is 0 Å². The molecule has 1 aliphatic carbocycles. The third-order valence-electron chi connectivity index (χ3n) is 3.55. The highest BCUT2D eigenvalue weighted by Crippen LogP contribution is 2.44. The minimum absolute atomic E-state index is 0.459. The van der Waals surface area contributed by atoms with Crippen LogP contribution in [0.3, 0.4) is 0 Å². The lowest BCUT2D eigenvalue weighted by Crippen LogP contribution is -2.34. The highest BCUT2D eigenvalue weighted by Gasteiger charge is 2.43. The molecule has 1 fully saturated rings. The smallest absolute Gasteiger partial charge is 0.0918 e. The van der Waals surface area contributed by atoms with Crippen molar-refractivity contribution in [3.63, 3.8) is 0 Å². The molecule has 0 aromatic rings. The maximum Gasteiger partial charge on any atom is 0.0918 e. The van der Waals surface area contributed by atoms with Crippen LogP contribution in [0.15, 0.2) is 11.8 Å². The Morgan fingerprint density at radius 2 is 2.54 bits per heavy atom. The molecule has 2 heteroatoms. The summed E-state index contributed by atoms with van der Waals surface area (Å²) in [4.78, 5) is 0. The molecule has 2 rings (SSSR count). The van der Waals surface area contributed by atoms with Crippen LogP contribution in [0.25, 0.3) is 0 Å². The molecule has 1 N–H and O–H groups in total. The van der Waals surface area contributed by atoms with Crippen molar-refractivity contribution in [2.75, 3.05) is 6.61 Å². The maximum atomic E-state index is 10.5. The standard InChI is InChI=1S/C11H18O2/c1-2-9-4-3-6-11(9,12)10-5-7-13-8-10/h8-9,12H,2-7H2,1H3. The normalized spacial score (nSPS) is 38.9. The van der Waals surface area contributed by atoms with Crippen molar-refractivity contribution in [1.82, 2.24) is 0 Å². The van der Waals surface area contributed by atoms with Gasteiger partial charge in [0, 0.05) is 6.42 Å². The van der Waals surface area contributed by atoms with Gasteiger partial charge in [0.05, 0.1) is 18.5 Å². The summed E-state index contributed by atoms with van der Waals surface area (Å²) in [5.74, 6) is 0.459. The highest BCUT2D eigenvalue weighted by molar-refractivity contribution is 5.21. The van der Waals surface area contributed by atoms with Gasteiger partial charge in [0.2, 0.25) is 0 Å². The second-order valence-corrected chi connectivity index (χ2v) is 4.19. The number of rotatable bonds is 2. The van der Waals surface area contributed by atoms with Gasteiger partial charge in [0.15, 0.2) is 0 Å². The summed E-state index contributed by atoms with van der Waals surface area (Å²) >= 11 is 0. The van der Waals surface area contributed by atoms with E-state index in [1.807, 2.05) is 0 Å². The molecular weight excluding hydrogens is 164 g/mol. The topological polar surface area (TPSA) is 29.5 Å². The molecule has 1 heterocycles. The monoisotopic (exact) mass is 182 g/mol. The van der Waals surface area contributed by atoms with Crippen LogP contribution in [0.2, 0.25) is 0 Å². The molecule has 2 atom stereocenters. The third kappa shape index (κ3) is 1.37. The van der Waals surface area contributed by atoms with Crippen LogP contribution in [-0.2, 0) is 4.74 Å². The first-order chi connectivity index (χ1) is 6.27. The van der Waals surface area contributed by atoms with E-state index in [4.69, 9.17) is 4.74 Å². The second kappa shape index (κ2) is 3.33. The molecule has 13 heavy (non-hydrogen) atoms. The fourth-order valence-corrected chi connectivity index (χ4v) is 2.73. The van der Waals surface area contributed by atoms with Crippen molar-refractivity contribution in [1.29, 1.82) is 0 Å². The summed E-state index contributed by atoms with van der Waals surface area (Å²) < 4.78 is 5.21. The average molecular weight is 182 g/mol. The van der Waals surface area contributed by atoms with Crippen molar-refractivity contribution >= 4 is 0 Å². The molecule has 0 spiro atoms. The van der Waals surface area contributed by atoms with Gasteiger partial charge in [-0.2, -0.15) is 0 Å². The minimum Gasteiger partial charge on any atom is -0.501 e. The molecule has 1 saturated carbocycles. The lowest BCUT2D eigenvalue weighted by Gasteiger charge is -2.30. The van der Waals surface area contributed by atoms with Gasteiger partial charge in [-0.05, 0) is 30.8 Å². The van der Waals surface area contributed by atoms with Crippen LogP contribution in [0, 0.1) is 5.92 Å². The number of hydrogen-bond acceptors (Lipinski definition) is 2. The van der Waals surface area contributed by atoms with E-state index in [-0.39, 0.29) is 0 Å². The predicted octanol–water partition coefficient (Wildman–Crippen LogP) is 2.23. The zero-order valence-corrected chi connectivity index (χ0v) is 8.25. The Morgan fingerprint density at radius 3 is 3.15 bits per heavy atom. The third-order valence-corrected chi connectivity index (χ3v) is 3.55. The molecule has 0 bridgehead atoms.